The molecule has 14 heavy (non-hydrogen) atoms. The van der Waals surface area contributed by atoms with Crippen LogP contribution < -0.4 is 5.11 Å². The average Bonchev–Trinajstić information content (AvgIpc) is 2.15. The number of allylic oxidation sites excluding steroid dienone is 1. The largest absolute Gasteiger partial charge is 0.550 e. The Labute approximate surface area is 87.0 Å². The minimum absolute atomic E-state index is 0.325. The Morgan fingerprint density at radius 3 is 2.50 bits per heavy atom. The molecule has 0 saturated carbocycles. The summed E-state index contributed by atoms with van der Waals surface area (Å²) in [6.07, 6.45) is 8.74. The molecule has 0 aromatic carbocycles. The third kappa shape index (κ3) is 6.70. The fourth-order valence-corrected chi connectivity index (χ4v) is 1.53. The van der Waals surface area contributed by atoms with Crippen LogP contribution in [0.15, 0.2) is 12.7 Å². The highest BCUT2D eigenvalue weighted by Gasteiger charge is 2.06. The summed E-state index contributed by atoms with van der Waals surface area (Å²) in [5.74, 6) is -1.26. The van der Waals surface area contributed by atoms with Crippen LogP contribution in [0.1, 0.15) is 51.9 Å². The van der Waals surface area contributed by atoms with E-state index in [2.05, 4.69) is 13.5 Å². The van der Waals surface area contributed by atoms with Gasteiger partial charge in [0.05, 0.1) is 0 Å². The van der Waals surface area contributed by atoms with Crippen LogP contribution in [0.4, 0.5) is 0 Å². The van der Waals surface area contributed by atoms with Crippen molar-refractivity contribution in [3.63, 3.8) is 0 Å². The van der Waals surface area contributed by atoms with Crippen LogP contribution in [-0.2, 0) is 4.79 Å². The van der Waals surface area contributed by atoms with Crippen LogP contribution in [0.2, 0.25) is 0 Å². The number of unbranched alkanes of at least 4 members (excludes halogenated alkanes) is 4. The van der Waals surface area contributed by atoms with Crippen LogP contribution in [0.3, 0.4) is 0 Å². The molecule has 0 spiro atoms. The summed E-state index contributed by atoms with van der Waals surface area (Å²) in [7, 11) is 0. The Balaban J connectivity index is 3.50. The van der Waals surface area contributed by atoms with Crippen LogP contribution in [0, 0.1) is 5.92 Å². The molecule has 0 aliphatic heterocycles. The first-order valence-corrected chi connectivity index (χ1v) is 5.54. The molecular weight excluding hydrogens is 176 g/mol. The first-order chi connectivity index (χ1) is 6.72. The van der Waals surface area contributed by atoms with Gasteiger partial charge in [-0.05, 0) is 12.8 Å². The highest BCUT2D eigenvalue weighted by Crippen LogP contribution is 2.14. The number of carbonyl (C=O) groups excluding carboxylic acids is 1. The molecule has 2 nitrogen and oxygen atoms in total. The molecule has 0 aliphatic carbocycles. The fourth-order valence-electron chi connectivity index (χ4n) is 1.53. The SMILES string of the molecule is C=CCC(CCCCCCC)C(=O)[O-]. The van der Waals surface area contributed by atoms with Gasteiger partial charge < -0.3 is 9.90 Å². The van der Waals surface area contributed by atoms with Crippen molar-refractivity contribution in [1.82, 2.24) is 0 Å². The van der Waals surface area contributed by atoms with Crippen molar-refractivity contribution >= 4 is 5.97 Å². The molecule has 2 heteroatoms. The summed E-state index contributed by atoms with van der Waals surface area (Å²) >= 11 is 0. The van der Waals surface area contributed by atoms with Gasteiger partial charge in [0.1, 0.15) is 0 Å². The second kappa shape index (κ2) is 8.79. The van der Waals surface area contributed by atoms with E-state index >= 15 is 0 Å². The summed E-state index contributed by atoms with van der Waals surface area (Å²) < 4.78 is 0. The maximum absolute atomic E-state index is 10.7. The number of carboxylic acid groups (broad SMARTS) is 1. The molecule has 0 bridgehead atoms. The molecule has 0 aliphatic rings. The molecular formula is C12H21O2-. The van der Waals surface area contributed by atoms with Crippen LogP contribution >= 0.6 is 0 Å². The van der Waals surface area contributed by atoms with Gasteiger partial charge in [0.25, 0.3) is 0 Å². The summed E-state index contributed by atoms with van der Waals surface area (Å²) in [6, 6.07) is 0. The van der Waals surface area contributed by atoms with Gasteiger partial charge in [0.15, 0.2) is 0 Å². The van der Waals surface area contributed by atoms with E-state index in [9.17, 15) is 9.90 Å². The molecule has 0 fully saturated rings. The van der Waals surface area contributed by atoms with E-state index in [1.54, 1.807) is 6.08 Å². The average molecular weight is 197 g/mol. The van der Waals surface area contributed by atoms with E-state index < -0.39 is 5.97 Å². The second-order valence-electron chi connectivity index (χ2n) is 3.74. The van der Waals surface area contributed by atoms with E-state index in [0.29, 0.717) is 6.42 Å². The summed E-state index contributed by atoms with van der Waals surface area (Å²) in [4.78, 5) is 10.7. The smallest absolute Gasteiger partial charge is 0.0448 e. The Morgan fingerprint density at radius 2 is 2.00 bits per heavy atom. The van der Waals surface area contributed by atoms with Crippen molar-refractivity contribution in [2.24, 2.45) is 5.92 Å². The van der Waals surface area contributed by atoms with Gasteiger partial charge in [-0.3, -0.25) is 0 Å². The summed E-state index contributed by atoms with van der Waals surface area (Å²) in [5, 5.41) is 10.7. The van der Waals surface area contributed by atoms with Gasteiger partial charge in [-0.25, -0.2) is 0 Å². The highest BCUT2D eigenvalue weighted by molar-refractivity contribution is 5.67. The molecule has 82 valence electrons. The Hall–Kier alpha value is -0.790. The predicted octanol–water partition coefficient (Wildman–Crippen LogP) is 2.29. The third-order valence-corrected chi connectivity index (χ3v) is 2.44. The molecule has 0 aromatic heterocycles. The molecule has 0 saturated heterocycles. The van der Waals surface area contributed by atoms with Crippen molar-refractivity contribution in [2.45, 2.75) is 51.9 Å². The zero-order valence-corrected chi connectivity index (χ0v) is 9.13. The van der Waals surface area contributed by atoms with Crippen LogP contribution in [-0.4, -0.2) is 5.97 Å². The number of hydrogen-bond acceptors (Lipinski definition) is 2. The van der Waals surface area contributed by atoms with Gasteiger partial charge in [0.2, 0.25) is 0 Å². The van der Waals surface area contributed by atoms with Crippen molar-refractivity contribution in [2.75, 3.05) is 0 Å². The van der Waals surface area contributed by atoms with E-state index in [0.717, 1.165) is 19.3 Å². The van der Waals surface area contributed by atoms with Gasteiger partial charge in [0, 0.05) is 11.9 Å². The highest BCUT2D eigenvalue weighted by atomic mass is 16.4. The van der Waals surface area contributed by atoms with Gasteiger partial charge >= 0.3 is 0 Å². The monoisotopic (exact) mass is 197 g/mol. The zero-order chi connectivity index (χ0) is 10.8. The lowest BCUT2D eigenvalue weighted by molar-refractivity contribution is -0.311. The molecule has 1 unspecified atom stereocenters. The number of carbonyl (C=O) groups is 1. The van der Waals surface area contributed by atoms with Gasteiger partial charge in [-0.2, -0.15) is 0 Å². The first-order valence-electron chi connectivity index (χ1n) is 5.54. The lowest BCUT2D eigenvalue weighted by Crippen LogP contribution is -2.30. The summed E-state index contributed by atoms with van der Waals surface area (Å²) in [6.45, 7) is 5.72. The van der Waals surface area contributed by atoms with E-state index in [-0.39, 0.29) is 5.92 Å². The Bertz CT molecular complexity index is 164. The normalized spacial score (nSPS) is 12.4. The van der Waals surface area contributed by atoms with Crippen molar-refractivity contribution in [1.29, 1.82) is 0 Å². The lowest BCUT2D eigenvalue weighted by Gasteiger charge is -2.15. The number of carboxylic acids is 1. The Morgan fingerprint density at radius 1 is 1.36 bits per heavy atom. The van der Waals surface area contributed by atoms with Crippen LogP contribution in [0.25, 0.3) is 0 Å². The number of rotatable bonds is 9. The maximum atomic E-state index is 10.7. The van der Waals surface area contributed by atoms with Gasteiger partial charge in [-0.1, -0.05) is 45.1 Å². The van der Waals surface area contributed by atoms with E-state index in [1.807, 2.05) is 0 Å². The predicted molar refractivity (Wildman–Crippen MR) is 56.7 cm³/mol. The Kier molecular flexibility index (Phi) is 8.30. The molecule has 0 aromatic rings. The standard InChI is InChI=1S/C12H22O2/c1-3-5-6-7-8-10-11(9-4-2)12(13)14/h4,11H,2-3,5-10H2,1H3,(H,13,14)/p-1. The quantitative estimate of drug-likeness (QED) is 0.420. The molecule has 0 N–H and O–H groups in total. The molecule has 0 rings (SSSR count). The number of hydrogen-bond donors (Lipinski definition) is 0. The molecule has 0 heterocycles. The first kappa shape index (κ1) is 13.2. The minimum Gasteiger partial charge on any atom is -0.550 e. The molecule has 1 atom stereocenters. The maximum Gasteiger partial charge on any atom is 0.0448 e. The van der Waals surface area contributed by atoms with Crippen molar-refractivity contribution in [3.8, 4) is 0 Å². The van der Waals surface area contributed by atoms with Gasteiger partial charge in [-0.15, -0.1) is 6.58 Å². The second-order valence-corrected chi connectivity index (χ2v) is 3.74. The number of aliphatic carboxylic acids is 1. The van der Waals surface area contributed by atoms with Crippen molar-refractivity contribution in [3.05, 3.63) is 12.7 Å². The topological polar surface area (TPSA) is 40.1 Å². The fraction of sp³-hybridized carbons (Fsp3) is 0.750. The van der Waals surface area contributed by atoms with Crippen LogP contribution in [0.5, 0.6) is 0 Å². The summed E-state index contributed by atoms with van der Waals surface area (Å²) in [5.41, 5.74) is 0. The molecule has 0 amide bonds. The van der Waals surface area contributed by atoms with E-state index in [1.165, 1.54) is 19.3 Å². The zero-order valence-electron chi connectivity index (χ0n) is 9.13. The lowest BCUT2D eigenvalue weighted by atomic mass is 9.97. The third-order valence-electron chi connectivity index (χ3n) is 2.44. The van der Waals surface area contributed by atoms with E-state index in [4.69, 9.17) is 0 Å². The minimum atomic E-state index is -0.930. The molecule has 0 radical (unpaired) electrons. The van der Waals surface area contributed by atoms with Crippen molar-refractivity contribution < 1.29 is 9.90 Å².